The minimum atomic E-state index is -3.87. The van der Waals surface area contributed by atoms with Gasteiger partial charge in [0.1, 0.15) is 11.2 Å². The van der Waals surface area contributed by atoms with Crippen LogP contribution in [0.1, 0.15) is 5.56 Å². The number of rotatable bonds is 5. The van der Waals surface area contributed by atoms with Gasteiger partial charge in [-0.2, -0.15) is 0 Å². The van der Waals surface area contributed by atoms with E-state index in [1.54, 1.807) is 35.3 Å². The zero-order valence-electron chi connectivity index (χ0n) is 15.5. The highest BCUT2D eigenvalue weighted by Crippen LogP contribution is 2.35. The number of pyridine rings is 1. The molecule has 4 rings (SSSR count). The van der Waals surface area contributed by atoms with Crippen LogP contribution in [-0.4, -0.2) is 28.2 Å². The predicted octanol–water partition coefficient (Wildman–Crippen LogP) is 4.39. The summed E-state index contributed by atoms with van der Waals surface area (Å²) in [6.07, 6.45) is 3.25. The van der Waals surface area contributed by atoms with Crippen molar-refractivity contribution in [1.82, 2.24) is 19.7 Å². The minimum absolute atomic E-state index is 0.129. The first-order valence-electron chi connectivity index (χ1n) is 8.53. The first-order chi connectivity index (χ1) is 13.8. The first-order valence-corrected chi connectivity index (χ1v) is 11.6. The number of fused-ring (bicyclic) bond motifs is 1. The molecule has 0 amide bonds. The van der Waals surface area contributed by atoms with Crippen molar-refractivity contribution in [1.29, 1.82) is 0 Å². The van der Waals surface area contributed by atoms with Crippen LogP contribution in [0.2, 0.25) is 0 Å². The molecule has 0 aliphatic rings. The van der Waals surface area contributed by atoms with Gasteiger partial charge in [-0.05, 0) is 54.6 Å². The van der Waals surface area contributed by atoms with E-state index in [9.17, 15) is 8.42 Å². The zero-order chi connectivity index (χ0) is 20.6. The molecule has 2 aromatic heterocycles. The number of nitrogens with one attached hydrogen (secondary N) is 1. The minimum Gasteiger partial charge on any atom is -0.311 e. The molecule has 0 aliphatic carbocycles. The van der Waals surface area contributed by atoms with Crippen molar-refractivity contribution in [3.8, 4) is 0 Å². The van der Waals surface area contributed by atoms with E-state index < -0.39 is 10.0 Å². The van der Waals surface area contributed by atoms with Crippen LogP contribution in [0.3, 0.4) is 0 Å². The van der Waals surface area contributed by atoms with Crippen molar-refractivity contribution in [2.45, 2.75) is 21.9 Å². The Morgan fingerprint density at radius 2 is 2.00 bits per heavy atom. The normalized spacial score (nSPS) is 11.7. The lowest BCUT2D eigenvalue weighted by atomic mass is 10.2. The number of anilines is 1. The maximum Gasteiger partial charge on any atom is 0.264 e. The number of benzene rings is 2. The molecule has 1 N–H and O–H groups in total. The van der Waals surface area contributed by atoms with E-state index in [4.69, 9.17) is 0 Å². The molecule has 2 heterocycles. The Balaban J connectivity index is 1.76. The lowest BCUT2D eigenvalue weighted by Crippen LogP contribution is -2.14. The van der Waals surface area contributed by atoms with E-state index in [0.29, 0.717) is 21.3 Å². The molecule has 0 bridgehead atoms. The Morgan fingerprint density at radius 3 is 2.76 bits per heavy atom. The van der Waals surface area contributed by atoms with E-state index >= 15 is 0 Å². The average molecular weight is 490 g/mol. The molecule has 10 heteroatoms. The summed E-state index contributed by atoms with van der Waals surface area (Å²) < 4.78 is 31.7. The molecule has 0 spiro atoms. The van der Waals surface area contributed by atoms with Crippen LogP contribution >= 0.6 is 27.7 Å². The van der Waals surface area contributed by atoms with E-state index in [1.807, 2.05) is 38.2 Å². The molecular formula is C19H16BrN5O2S2. The van der Waals surface area contributed by atoms with Crippen molar-refractivity contribution in [2.75, 3.05) is 4.72 Å². The molecule has 0 radical (unpaired) electrons. The van der Waals surface area contributed by atoms with Crippen molar-refractivity contribution in [3.63, 3.8) is 0 Å². The number of para-hydroxylation sites is 1. The fourth-order valence-electron chi connectivity index (χ4n) is 2.79. The van der Waals surface area contributed by atoms with Crippen LogP contribution in [0.5, 0.6) is 0 Å². The van der Waals surface area contributed by atoms with E-state index in [1.165, 1.54) is 11.8 Å². The van der Waals surface area contributed by atoms with Gasteiger partial charge in [0.05, 0.1) is 11.2 Å². The van der Waals surface area contributed by atoms with Crippen molar-refractivity contribution >= 4 is 54.3 Å². The number of sulfonamides is 1. The van der Waals surface area contributed by atoms with Crippen molar-refractivity contribution in [3.05, 3.63) is 65.0 Å². The molecule has 0 aliphatic heterocycles. The second kappa shape index (κ2) is 7.77. The molecule has 148 valence electrons. The Hall–Kier alpha value is -2.43. The molecule has 7 nitrogen and oxygen atoms in total. The van der Waals surface area contributed by atoms with Crippen LogP contribution < -0.4 is 4.72 Å². The topological polar surface area (TPSA) is 89.8 Å². The summed E-state index contributed by atoms with van der Waals surface area (Å²) in [5.41, 5.74) is 1.84. The summed E-state index contributed by atoms with van der Waals surface area (Å²) >= 11 is 4.73. The van der Waals surface area contributed by atoms with Crippen LogP contribution in [0.25, 0.3) is 10.9 Å². The molecule has 2 aromatic carbocycles. The third-order valence-corrected chi connectivity index (χ3v) is 7.18. The highest BCUT2D eigenvalue weighted by Gasteiger charge is 2.21. The van der Waals surface area contributed by atoms with Crippen molar-refractivity contribution < 1.29 is 8.42 Å². The average Bonchev–Trinajstić information content (AvgIpc) is 3.07. The van der Waals surface area contributed by atoms with Crippen LogP contribution in [0.15, 0.2) is 74.4 Å². The monoisotopic (exact) mass is 489 g/mol. The molecule has 0 saturated heterocycles. The molecule has 0 fully saturated rings. The predicted molar refractivity (Wildman–Crippen MR) is 117 cm³/mol. The van der Waals surface area contributed by atoms with Gasteiger partial charge in [-0.15, -0.1) is 10.2 Å². The Bertz CT molecular complexity index is 1320. The number of hydrogen-bond donors (Lipinski definition) is 1. The summed E-state index contributed by atoms with van der Waals surface area (Å²) in [6.45, 7) is 1.92. The fraction of sp³-hybridized carbons (Fsp3) is 0.105. The van der Waals surface area contributed by atoms with Gasteiger partial charge in [0, 0.05) is 28.0 Å². The number of aryl methyl sites for hydroxylation is 2. The van der Waals surface area contributed by atoms with Gasteiger partial charge >= 0.3 is 0 Å². The van der Waals surface area contributed by atoms with Gasteiger partial charge in [-0.25, -0.2) is 8.42 Å². The van der Waals surface area contributed by atoms with E-state index in [-0.39, 0.29) is 4.90 Å². The molecule has 29 heavy (non-hydrogen) atoms. The number of nitrogens with zero attached hydrogens (tertiary/aromatic N) is 4. The first kappa shape index (κ1) is 19.9. The highest BCUT2D eigenvalue weighted by molar-refractivity contribution is 9.10. The molecule has 0 saturated carbocycles. The van der Waals surface area contributed by atoms with Gasteiger partial charge in [0.2, 0.25) is 0 Å². The van der Waals surface area contributed by atoms with Gasteiger partial charge in [-0.1, -0.05) is 28.1 Å². The van der Waals surface area contributed by atoms with Crippen LogP contribution in [0, 0.1) is 6.92 Å². The van der Waals surface area contributed by atoms with Gasteiger partial charge in [0.15, 0.2) is 5.16 Å². The molecular weight excluding hydrogens is 474 g/mol. The molecule has 4 aromatic rings. The third kappa shape index (κ3) is 4.14. The lowest BCUT2D eigenvalue weighted by Gasteiger charge is -2.14. The fourth-order valence-corrected chi connectivity index (χ4v) is 5.30. The van der Waals surface area contributed by atoms with Crippen LogP contribution in [-0.2, 0) is 17.1 Å². The maximum absolute atomic E-state index is 13.2. The van der Waals surface area contributed by atoms with E-state index in [2.05, 4.69) is 35.8 Å². The maximum atomic E-state index is 13.2. The Morgan fingerprint density at radius 1 is 1.17 bits per heavy atom. The molecule has 0 unspecified atom stereocenters. The largest absolute Gasteiger partial charge is 0.311 e. The summed E-state index contributed by atoms with van der Waals surface area (Å²) in [5, 5.41) is 9.34. The standard InChI is InChI=1S/C19H16BrN5O2S2/c1-12-8-13-4-3-5-17(18(13)21-10-12)29(26,27)24-15-9-14(20)6-7-16(15)28-19-23-22-11-25(19)2/h3-11,24H,1-2H3. The van der Waals surface area contributed by atoms with Crippen LogP contribution in [0.4, 0.5) is 5.69 Å². The van der Waals surface area contributed by atoms with E-state index in [0.717, 1.165) is 15.4 Å². The summed E-state index contributed by atoms with van der Waals surface area (Å²) in [5.74, 6) is 0. The number of hydrogen-bond acceptors (Lipinski definition) is 6. The summed E-state index contributed by atoms with van der Waals surface area (Å²) in [6, 6.07) is 12.4. The van der Waals surface area contributed by atoms with Gasteiger partial charge in [0.25, 0.3) is 10.0 Å². The lowest BCUT2D eigenvalue weighted by molar-refractivity contribution is 0.602. The Labute approximate surface area is 180 Å². The zero-order valence-corrected chi connectivity index (χ0v) is 18.7. The van der Waals surface area contributed by atoms with Gasteiger partial charge in [-0.3, -0.25) is 9.71 Å². The second-order valence-electron chi connectivity index (χ2n) is 6.41. The third-order valence-electron chi connectivity index (χ3n) is 4.16. The number of halogens is 1. The number of aromatic nitrogens is 4. The summed E-state index contributed by atoms with van der Waals surface area (Å²) in [7, 11) is -2.04. The van der Waals surface area contributed by atoms with Crippen molar-refractivity contribution in [2.24, 2.45) is 7.05 Å². The smallest absolute Gasteiger partial charge is 0.264 e. The molecule has 0 atom stereocenters. The Kier molecular flexibility index (Phi) is 5.32. The second-order valence-corrected chi connectivity index (χ2v) is 9.99. The quantitative estimate of drug-likeness (QED) is 0.447. The SMILES string of the molecule is Cc1cnc2c(S(=O)(=O)Nc3cc(Br)ccc3Sc3nncn3C)cccc2c1. The highest BCUT2D eigenvalue weighted by atomic mass is 79.9. The summed E-state index contributed by atoms with van der Waals surface area (Å²) in [4.78, 5) is 5.18. The van der Waals surface area contributed by atoms with Gasteiger partial charge < -0.3 is 4.57 Å².